The first kappa shape index (κ1) is 37.4. The minimum absolute atomic E-state index is 0.0147. The molecule has 52 heavy (non-hydrogen) atoms. The van der Waals surface area contributed by atoms with E-state index in [2.05, 4.69) is 20.3 Å². The van der Waals surface area contributed by atoms with Gasteiger partial charge in [0, 0.05) is 23.1 Å². The van der Waals surface area contributed by atoms with E-state index in [1.807, 2.05) is 57.2 Å². The van der Waals surface area contributed by atoms with Gasteiger partial charge in [-0.2, -0.15) is 0 Å². The molecule has 2 aliphatic heterocycles. The van der Waals surface area contributed by atoms with Crippen molar-refractivity contribution < 1.29 is 42.2 Å². The third kappa shape index (κ3) is 7.55. The molecule has 1 aromatic heterocycles. The van der Waals surface area contributed by atoms with E-state index in [4.69, 9.17) is 9.47 Å². The zero-order valence-corrected chi connectivity index (χ0v) is 30.9. The lowest BCUT2D eigenvalue weighted by molar-refractivity contribution is -0.142. The number of sulfonamides is 1. The van der Waals surface area contributed by atoms with Crippen molar-refractivity contribution in [3.8, 4) is 11.6 Å². The molecule has 0 spiro atoms. The van der Waals surface area contributed by atoms with Crippen LogP contribution < -0.4 is 24.8 Å². The molecular weight excluding hydrogens is 691 g/mol. The lowest BCUT2D eigenvalue weighted by atomic mass is 9.88. The molecule has 2 aromatic rings. The van der Waals surface area contributed by atoms with Gasteiger partial charge in [0.1, 0.15) is 29.5 Å². The standard InChI is InChI=1S/C37H49N5O9S/c1-5-16-50-29-20-38-32(27-13-9-8-12-26(27)29)51-25-18-28-31(43)40-37(34(45)41-52(48,49)36(4)14-15-36)19-24(37)11-7-6-10-22(2)17-23(3)30(39-35(46)47)33(44)42(28)21-25/h7-9,11-13,20,22-25,28,30,39H,5-6,10,14-19,21H2,1-4H3,(H,40,43)(H,41,45)(H,46,47)/b11-7-/t22-,23-,24-,25-,28+,30+,37-/m1/s1. The fourth-order valence-corrected chi connectivity index (χ4v) is 8.76. The highest BCUT2D eigenvalue weighted by Gasteiger charge is 2.63. The topological polar surface area (TPSA) is 193 Å². The Morgan fingerprint density at radius 1 is 1.13 bits per heavy atom. The van der Waals surface area contributed by atoms with E-state index in [1.165, 1.54) is 4.90 Å². The number of benzene rings is 1. The first-order chi connectivity index (χ1) is 24.7. The number of hydrogen-bond donors (Lipinski definition) is 4. The molecule has 282 valence electrons. The van der Waals surface area contributed by atoms with E-state index in [-0.39, 0.29) is 31.2 Å². The molecule has 1 aromatic carbocycles. The maximum atomic E-state index is 14.4. The van der Waals surface area contributed by atoms with Crippen LogP contribution in [0.5, 0.6) is 11.6 Å². The summed E-state index contributed by atoms with van der Waals surface area (Å²) in [4.78, 5) is 60.4. The van der Waals surface area contributed by atoms with Crippen LogP contribution in [0.4, 0.5) is 4.79 Å². The summed E-state index contributed by atoms with van der Waals surface area (Å²) in [6, 6.07) is 5.15. The van der Waals surface area contributed by atoms with Crippen molar-refractivity contribution in [2.45, 2.75) is 108 Å². The third-order valence-corrected chi connectivity index (χ3v) is 13.1. The van der Waals surface area contributed by atoms with E-state index >= 15 is 0 Å². The van der Waals surface area contributed by atoms with Crippen LogP contribution in [0.25, 0.3) is 10.8 Å². The highest BCUT2D eigenvalue weighted by molar-refractivity contribution is 7.91. The fraction of sp³-hybridized carbons (Fsp3) is 0.595. The minimum atomic E-state index is -4.00. The Hall–Kier alpha value is -4.40. The third-order valence-electron chi connectivity index (χ3n) is 11.0. The second-order valence-electron chi connectivity index (χ2n) is 15.2. The number of rotatable bonds is 9. The number of carbonyl (C=O) groups excluding carboxylic acids is 3. The summed E-state index contributed by atoms with van der Waals surface area (Å²) < 4.78 is 39.7. The summed E-state index contributed by atoms with van der Waals surface area (Å²) in [6.07, 6.45) is 7.08. The first-order valence-electron chi connectivity index (χ1n) is 18.2. The van der Waals surface area contributed by atoms with Gasteiger partial charge in [0.15, 0.2) is 0 Å². The van der Waals surface area contributed by atoms with Gasteiger partial charge in [-0.25, -0.2) is 18.2 Å². The monoisotopic (exact) mass is 739 g/mol. The van der Waals surface area contributed by atoms with Crippen LogP contribution in [0.3, 0.4) is 0 Å². The number of nitrogens with zero attached hydrogens (tertiary/aromatic N) is 2. The highest BCUT2D eigenvalue weighted by atomic mass is 32.2. The van der Waals surface area contributed by atoms with Crippen molar-refractivity contribution in [3.63, 3.8) is 0 Å². The Labute approximate surface area is 304 Å². The molecule has 1 saturated heterocycles. The van der Waals surface area contributed by atoms with Crippen molar-refractivity contribution in [1.29, 1.82) is 0 Å². The highest BCUT2D eigenvalue weighted by Crippen LogP contribution is 2.47. The predicted octanol–water partition coefficient (Wildman–Crippen LogP) is 3.89. The zero-order valence-electron chi connectivity index (χ0n) is 30.1. The molecule has 2 aliphatic carbocycles. The largest absolute Gasteiger partial charge is 0.491 e. The summed E-state index contributed by atoms with van der Waals surface area (Å²) in [5, 5.41) is 16.5. The van der Waals surface area contributed by atoms with Crippen LogP contribution in [0, 0.1) is 17.8 Å². The second-order valence-corrected chi connectivity index (χ2v) is 17.4. The molecule has 7 atom stereocenters. The molecule has 0 bridgehead atoms. The molecule has 4 amide bonds. The van der Waals surface area contributed by atoms with Gasteiger partial charge in [-0.3, -0.25) is 19.1 Å². The quantitative estimate of drug-likeness (QED) is 0.274. The first-order valence-corrected chi connectivity index (χ1v) is 19.7. The maximum absolute atomic E-state index is 14.4. The Kier molecular flexibility index (Phi) is 10.5. The van der Waals surface area contributed by atoms with Crippen molar-refractivity contribution in [1.82, 2.24) is 25.2 Å². The summed E-state index contributed by atoms with van der Waals surface area (Å²) in [5.74, 6) is -1.92. The minimum Gasteiger partial charge on any atom is -0.491 e. The molecule has 0 unspecified atom stereocenters. The molecule has 15 heteroatoms. The van der Waals surface area contributed by atoms with E-state index < -0.39 is 74.1 Å². The smallest absolute Gasteiger partial charge is 0.405 e. The molecule has 4 N–H and O–H groups in total. The molecule has 0 radical (unpaired) electrons. The summed E-state index contributed by atoms with van der Waals surface area (Å²) in [7, 11) is -4.00. The molecule has 3 fully saturated rings. The fourth-order valence-electron chi connectivity index (χ4n) is 7.45. The Bertz CT molecular complexity index is 1860. The number of nitrogens with one attached hydrogen (secondary N) is 3. The molecule has 4 aliphatic rings. The number of carboxylic acid groups (broad SMARTS) is 1. The van der Waals surface area contributed by atoms with Gasteiger partial charge in [0.2, 0.25) is 27.7 Å². The lowest BCUT2D eigenvalue weighted by Gasteiger charge is -2.32. The van der Waals surface area contributed by atoms with Crippen LogP contribution in [-0.2, 0) is 24.4 Å². The number of amides is 4. The number of fused-ring (bicyclic) bond motifs is 3. The summed E-state index contributed by atoms with van der Waals surface area (Å²) >= 11 is 0. The van der Waals surface area contributed by atoms with E-state index in [0.29, 0.717) is 43.4 Å². The van der Waals surface area contributed by atoms with Gasteiger partial charge >= 0.3 is 6.09 Å². The van der Waals surface area contributed by atoms with Gasteiger partial charge in [0.05, 0.1) is 24.1 Å². The Morgan fingerprint density at radius 3 is 2.56 bits per heavy atom. The Balaban J connectivity index is 1.33. The van der Waals surface area contributed by atoms with Gasteiger partial charge in [-0.05, 0) is 69.8 Å². The lowest BCUT2D eigenvalue weighted by Crippen LogP contribution is -2.59. The summed E-state index contributed by atoms with van der Waals surface area (Å²) in [6.45, 7) is 7.88. The number of allylic oxidation sites excluding steroid dienone is 1. The van der Waals surface area contributed by atoms with E-state index in [1.54, 1.807) is 13.1 Å². The summed E-state index contributed by atoms with van der Waals surface area (Å²) in [5.41, 5.74) is -1.54. The average Bonchev–Trinajstić information content (AvgIpc) is 3.98. The van der Waals surface area contributed by atoms with Crippen molar-refractivity contribution in [2.75, 3.05) is 13.2 Å². The number of pyridine rings is 1. The predicted molar refractivity (Wildman–Crippen MR) is 192 cm³/mol. The van der Waals surface area contributed by atoms with Crippen molar-refractivity contribution in [3.05, 3.63) is 42.6 Å². The van der Waals surface area contributed by atoms with Crippen molar-refractivity contribution in [2.24, 2.45) is 17.8 Å². The Morgan fingerprint density at radius 2 is 1.87 bits per heavy atom. The maximum Gasteiger partial charge on any atom is 0.405 e. The van der Waals surface area contributed by atoms with Crippen molar-refractivity contribution >= 4 is 44.6 Å². The van der Waals surface area contributed by atoms with E-state index in [9.17, 15) is 32.7 Å². The molecule has 2 saturated carbocycles. The van der Waals surface area contributed by atoms with Gasteiger partial charge in [0.25, 0.3) is 5.91 Å². The van der Waals surface area contributed by atoms with Crippen LogP contribution in [0.15, 0.2) is 42.6 Å². The van der Waals surface area contributed by atoms with E-state index in [0.717, 1.165) is 18.2 Å². The molecule has 6 rings (SSSR count). The van der Waals surface area contributed by atoms with Crippen LogP contribution in [0.2, 0.25) is 0 Å². The van der Waals surface area contributed by atoms with Gasteiger partial charge in [-0.15, -0.1) is 0 Å². The SMILES string of the molecule is CCCOc1cnc(O[C@@H]2C[C@H]3C(=O)N[C@]4(C(=O)NS(=O)(=O)C5(C)CC5)C[C@H]4/C=C\CC[C@@H](C)C[C@@H](C)[C@H](NC(=O)O)C(=O)N3C2)c2ccccc12. The average molecular weight is 740 g/mol. The zero-order chi connectivity index (χ0) is 37.4. The molecular formula is C37H49N5O9S. The van der Waals surface area contributed by atoms with Crippen LogP contribution >= 0.6 is 0 Å². The van der Waals surface area contributed by atoms with Crippen LogP contribution in [0.1, 0.15) is 79.1 Å². The van der Waals surface area contributed by atoms with Gasteiger partial charge < -0.3 is 30.1 Å². The number of carbonyl (C=O) groups is 4. The molecule has 3 heterocycles. The van der Waals surface area contributed by atoms with Gasteiger partial charge in [-0.1, -0.05) is 51.1 Å². The number of ether oxygens (including phenoxy) is 2. The normalized spacial score (nSPS) is 30.8. The molecule has 14 nitrogen and oxygen atoms in total. The number of hydrogen-bond acceptors (Lipinski definition) is 9. The van der Waals surface area contributed by atoms with Crippen LogP contribution in [-0.4, -0.2) is 88.8 Å². The second kappa shape index (κ2) is 14.6. The number of aromatic nitrogens is 1.